The van der Waals surface area contributed by atoms with Crippen molar-refractivity contribution < 1.29 is 47.2 Å². The summed E-state index contributed by atoms with van der Waals surface area (Å²) in [7, 11) is 0. The molecule has 2 unspecified atom stereocenters. The first-order valence-corrected chi connectivity index (χ1v) is 14.4. The monoisotopic (exact) mass is 396 g/mol. The van der Waals surface area contributed by atoms with Crippen LogP contribution in [0.5, 0.6) is 0 Å². The molecule has 0 heterocycles. The Hall–Kier alpha value is -0.140. The molecule has 4 heteroatoms. The van der Waals surface area contributed by atoms with Crippen molar-refractivity contribution in [2.45, 2.75) is 10.2 Å². The van der Waals surface area contributed by atoms with E-state index in [0.717, 1.165) is 3.63 Å². The van der Waals surface area contributed by atoms with E-state index >= 15 is 0 Å². The van der Waals surface area contributed by atoms with Crippen LogP contribution in [-0.2, 0) is 22.4 Å². The van der Waals surface area contributed by atoms with E-state index in [1.165, 1.54) is 5.56 Å². The molecule has 0 saturated heterocycles. The van der Waals surface area contributed by atoms with Gasteiger partial charge in [0.15, 0.2) is 0 Å². The van der Waals surface area contributed by atoms with Crippen LogP contribution < -0.4 is 30.0 Å². The van der Waals surface area contributed by atoms with Gasteiger partial charge in [0.1, 0.15) is 0 Å². The number of allylic oxidation sites excluding steroid dienone is 1. The molecule has 0 spiro atoms. The standard InChI is InChI=1S/C9H7.C7H9Si.2ClH.Zr/c1-2-5-9-7-3-6-8(9)4-1;1-8-7-5-3-2-4-6-7;;;/h1-7H;2-6,8H,1H3;2*1H;/q;;;;+2/p-2. The Morgan fingerprint density at radius 1 is 0.900 bits per heavy atom. The number of rotatable bonds is 3. The van der Waals surface area contributed by atoms with Gasteiger partial charge in [-0.05, 0) is 0 Å². The fraction of sp³-hybridized carbons (Fsp3) is 0.125. The Balaban J connectivity index is 0.000001000. The molecule has 0 fully saturated rings. The van der Waals surface area contributed by atoms with Gasteiger partial charge in [-0.15, -0.1) is 0 Å². The van der Waals surface area contributed by atoms with E-state index in [0.29, 0.717) is 0 Å². The molecule has 2 aromatic rings. The van der Waals surface area contributed by atoms with Crippen molar-refractivity contribution in [3.8, 4) is 0 Å². The Labute approximate surface area is 145 Å². The van der Waals surface area contributed by atoms with Gasteiger partial charge in [0.05, 0.1) is 0 Å². The van der Waals surface area contributed by atoms with Crippen molar-refractivity contribution in [2.24, 2.45) is 0 Å². The summed E-state index contributed by atoms with van der Waals surface area (Å²) in [5, 5.41) is 1.65. The van der Waals surface area contributed by atoms with Crippen LogP contribution in [0.1, 0.15) is 14.8 Å². The molecular formula is C16H16Cl2SiZr. The largest absolute Gasteiger partial charge is 1.00 e. The van der Waals surface area contributed by atoms with E-state index in [9.17, 15) is 0 Å². The van der Waals surface area contributed by atoms with Gasteiger partial charge in [-0.3, -0.25) is 0 Å². The minimum atomic E-state index is -0.654. The Morgan fingerprint density at radius 3 is 2.30 bits per heavy atom. The summed E-state index contributed by atoms with van der Waals surface area (Å²) in [6.07, 6.45) is 4.79. The van der Waals surface area contributed by atoms with Crippen LogP contribution >= 0.6 is 0 Å². The Bertz CT molecular complexity index is 572. The van der Waals surface area contributed by atoms with Crippen LogP contribution in [0, 0.1) is 0 Å². The first kappa shape index (κ1) is 17.9. The summed E-state index contributed by atoms with van der Waals surface area (Å²) in [6.45, 7) is 2.54. The summed E-state index contributed by atoms with van der Waals surface area (Å²) >= 11 is -0.350. The van der Waals surface area contributed by atoms with Gasteiger partial charge in [0.2, 0.25) is 0 Å². The second-order valence-corrected chi connectivity index (χ2v) is 17.6. The molecule has 2 atom stereocenters. The minimum absolute atomic E-state index is 0. The van der Waals surface area contributed by atoms with Gasteiger partial charge in [-0.1, -0.05) is 0 Å². The molecule has 0 saturated carbocycles. The molecule has 102 valence electrons. The van der Waals surface area contributed by atoms with Gasteiger partial charge in [-0.2, -0.15) is 0 Å². The number of hydrogen-bond donors (Lipinski definition) is 0. The average molecular weight is 399 g/mol. The van der Waals surface area contributed by atoms with Crippen molar-refractivity contribution in [1.82, 2.24) is 0 Å². The average Bonchev–Trinajstić information content (AvgIpc) is 2.83. The van der Waals surface area contributed by atoms with E-state index in [2.05, 4.69) is 73.3 Å². The Kier molecular flexibility index (Phi) is 7.47. The van der Waals surface area contributed by atoms with Crippen molar-refractivity contribution >= 4 is 17.2 Å². The molecule has 0 N–H and O–H groups in total. The van der Waals surface area contributed by atoms with Crippen LogP contribution in [0.3, 0.4) is 0 Å². The maximum Gasteiger partial charge on any atom is -1.00 e. The molecule has 1 aliphatic rings. The molecule has 2 aromatic carbocycles. The topological polar surface area (TPSA) is 0 Å². The van der Waals surface area contributed by atoms with Crippen LogP contribution in [0.2, 0.25) is 6.55 Å². The van der Waals surface area contributed by atoms with Gasteiger partial charge >= 0.3 is 122 Å². The van der Waals surface area contributed by atoms with Crippen LogP contribution in [0.25, 0.3) is 6.08 Å². The van der Waals surface area contributed by atoms with E-state index in [-0.39, 0.29) is 47.2 Å². The normalized spacial score (nSPS) is 16.4. The van der Waals surface area contributed by atoms with Crippen molar-refractivity contribution in [3.05, 3.63) is 71.8 Å². The summed E-state index contributed by atoms with van der Waals surface area (Å²) in [6, 6.07) is 20.1. The molecule has 20 heavy (non-hydrogen) atoms. The Morgan fingerprint density at radius 2 is 1.55 bits per heavy atom. The van der Waals surface area contributed by atoms with Crippen LogP contribution in [0.15, 0.2) is 60.7 Å². The zero-order valence-corrected chi connectivity index (χ0v) is 16.4. The molecule has 0 nitrogen and oxygen atoms in total. The first-order valence-electron chi connectivity index (χ1n) is 6.43. The van der Waals surface area contributed by atoms with Gasteiger partial charge in [-0.25, -0.2) is 0 Å². The van der Waals surface area contributed by atoms with Crippen molar-refractivity contribution in [2.75, 3.05) is 0 Å². The van der Waals surface area contributed by atoms with Crippen LogP contribution in [0.4, 0.5) is 0 Å². The molecule has 3 rings (SSSR count). The van der Waals surface area contributed by atoms with Crippen molar-refractivity contribution in [1.29, 1.82) is 0 Å². The quantitative estimate of drug-likeness (QED) is 0.487. The molecule has 0 aromatic heterocycles. The fourth-order valence-corrected chi connectivity index (χ4v) is 14.2. The molecule has 0 aliphatic heterocycles. The summed E-state index contributed by atoms with van der Waals surface area (Å²) in [4.78, 5) is 0. The van der Waals surface area contributed by atoms with Gasteiger partial charge < -0.3 is 24.8 Å². The van der Waals surface area contributed by atoms with Crippen LogP contribution in [-0.4, -0.2) is 5.92 Å². The second kappa shape index (κ2) is 8.34. The third kappa shape index (κ3) is 3.95. The molecular weight excluding hydrogens is 382 g/mol. The van der Waals surface area contributed by atoms with E-state index in [4.69, 9.17) is 0 Å². The smallest absolute Gasteiger partial charge is 1.00 e. The van der Waals surface area contributed by atoms with E-state index in [1.54, 1.807) is 10.8 Å². The number of benzene rings is 2. The summed E-state index contributed by atoms with van der Waals surface area (Å²) < 4.78 is 0.812. The van der Waals surface area contributed by atoms with E-state index < -0.39 is 5.92 Å². The molecule has 0 bridgehead atoms. The first-order chi connectivity index (χ1) is 8.84. The number of fused-ring (bicyclic) bond motifs is 1. The zero-order valence-electron chi connectivity index (χ0n) is 11.3. The fourth-order valence-electron chi connectivity index (χ4n) is 2.50. The maximum absolute atomic E-state index is 2.54. The molecule has 1 aliphatic carbocycles. The predicted octanol–water partition coefficient (Wildman–Crippen LogP) is -2.89. The van der Waals surface area contributed by atoms with Crippen molar-refractivity contribution in [3.63, 3.8) is 0 Å². The summed E-state index contributed by atoms with van der Waals surface area (Å²) in [5.41, 5.74) is 3.05. The van der Waals surface area contributed by atoms with Gasteiger partial charge in [0.25, 0.3) is 0 Å². The third-order valence-corrected chi connectivity index (χ3v) is 15.8. The minimum Gasteiger partial charge on any atom is -1.00 e. The SMILES string of the molecule is C[SiH]([Zr+2][CH]1C=Cc2ccccc21)c1ccccc1.[Cl-].[Cl-]. The third-order valence-electron chi connectivity index (χ3n) is 3.53. The maximum atomic E-state index is 2.54. The predicted molar refractivity (Wildman–Crippen MR) is 77.3 cm³/mol. The second-order valence-electron chi connectivity index (χ2n) is 4.76. The zero-order chi connectivity index (χ0) is 12.4. The molecule has 0 radical (unpaired) electrons. The number of hydrogen-bond acceptors (Lipinski definition) is 0. The van der Waals surface area contributed by atoms with Gasteiger partial charge in [0, 0.05) is 0 Å². The summed E-state index contributed by atoms with van der Waals surface area (Å²) in [5.74, 6) is -0.654. The number of halogens is 2. The van der Waals surface area contributed by atoms with E-state index in [1.807, 2.05) is 0 Å². The molecule has 0 amide bonds.